The van der Waals surface area contributed by atoms with Gasteiger partial charge in [0.25, 0.3) is 0 Å². The van der Waals surface area contributed by atoms with Crippen LogP contribution in [-0.4, -0.2) is 29.0 Å². The fourth-order valence-electron chi connectivity index (χ4n) is 2.02. The number of hydrogen-bond acceptors (Lipinski definition) is 2. The summed E-state index contributed by atoms with van der Waals surface area (Å²) >= 11 is 1.85. The number of amides is 1. The monoisotopic (exact) mass is 249 g/mol. The van der Waals surface area contributed by atoms with Gasteiger partial charge >= 0.3 is 0 Å². The van der Waals surface area contributed by atoms with Gasteiger partial charge in [-0.15, -0.1) is 11.8 Å². The summed E-state index contributed by atoms with van der Waals surface area (Å²) in [7, 11) is 0. The molecule has 1 aliphatic rings. The lowest BCUT2D eigenvalue weighted by Crippen LogP contribution is -2.27. The maximum atomic E-state index is 11.8. The van der Waals surface area contributed by atoms with E-state index in [4.69, 9.17) is 0 Å². The van der Waals surface area contributed by atoms with Gasteiger partial charge in [-0.25, -0.2) is 0 Å². The number of benzene rings is 1. The number of rotatable bonds is 5. The number of thioether (sulfide) groups is 1. The molecule has 17 heavy (non-hydrogen) atoms. The number of nitrogens with zero attached hydrogens (tertiary/aromatic N) is 1. The number of aryl methyl sites for hydroxylation is 1. The highest BCUT2D eigenvalue weighted by molar-refractivity contribution is 7.99. The van der Waals surface area contributed by atoms with Gasteiger partial charge in [0.05, 0.1) is 5.88 Å². The van der Waals surface area contributed by atoms with E-state index < -0.39 is 0 Å². The SMILES string of the molecule is O=C(CCCCc1ccccc1)N1CCSC1. The fourth-order valence-corrected chi connectivity index (χ4v) is 2.99. The fraction of sp³-hybridized carbons (Fsp3) is 0.500. The lowest BCUT2D eigenvalue weighted by molar-refractivity contribution is -0.129. The van der Waals surface area contributed by atoms with Crippen LogP contribution in [0.25, 0.3) is 0 Å². The van der Waals surface area contributed by atoms with Gasteiger partial charge in [-0.1, -0.05) is 30.3 Å². The molecule has 0 saturated carbocycles. The molecule has 3 heteroatoms. The van der Waals surface area contributed by atoms with Gasteiger partial charge in [-0.05, 0) is 24.8 Å². The Balaban J connectivity index is 1.61. The molecule has 1 saturated heterocycles. The van der Waals surface area contributed by atoms with Gasteiger partial charge in [0.2, 0.25) is 5.91 Å². The summed E-state index contributed by atoms with van der Waals surface area (Å²) in [6, 6.07) is 10.5. The second kappa shape index (κ2) is 6.70. The highest BCUT2D eigenvalue weighted by Gasteiger charge is 2.17. The second-order valence-corrected chi connectivity index (χ2v) is 5.46. The zero-order valence-corrected chi connectivity index (χ0v) is 10.9. The topological polar surface area (TPSA) is 20.3 Å². The summed E-state index contributed by atoms with van der Waals surface area (Å²) in [5.74, 6) is 2.34. The van der Waals surface area contributed by atoms with Gasteiger partial charge in [0.1, 0.15) is 0 Å². The summed E-state index contributed by atoms with van der Waals surface area (Å²) in [4.78, 5) is 13.7. The van der Waals surface area contributed by atoms with Gasteiger partial charge in [0, 0.05) is 18.7 Å². The first kappa shape index (κ1) is 12.5. The van der Waals surface area contributed by atoms with Crippen LogP contribution in [0.2, 0.25) is 0 Å². The average Bonchev–Trinajstić information content (AvgIpc) is 2.89. The van der Waals surface area contributed by atoms with Crippen molar-refractivity contribution in [3.05, 3.63) is 35.9 Å². The zero-order chi connectivity index (χ0) is 11.9. The maximum absolute atomic E-state index is 11.8. The lowest BCUT2D eigenvalue weighted by atomic mass is 10.1. The van der Waals surface area contributed by atoms with E-state index in [9.17, 15) is 4.79 Å². The first-order chi connectivity index (χ1) is 8.36. The van der Waals surface area contributed by atoms with Crippen LogP contribution in [0.15, 0.2) is 30.3 Å². The van der Waals surface area contributed by atoms with E-state index in [1.165, 1.54) is 5.56 Å². The largest absolute Gasteiger partial charge is 0.333 e. The van der Waals surface area contributed by atoms with Crippen molar-refractivity contribution >= 4 is 17.7 Å². The van der Waals surface area contributed by atoms with Gasteiger partial charge in [-0.2, -0.15) is 0 Å². The number of unbranched alkanes of at least 4 members (excludes halogenated alkanes) is 1. The molecule has 1 aliphatic heterocycles. The number of carbonyl (C=O) groups is 1. The molecule has 0 atom stereocenters. The van der Waals surface area contributed by atoms with Crippen LogP contribution in [0.1, 0.15) is 24.8 Å². The molecule has 1 heterocycles. The normalized spacial score (nSPS) is 15.2. The van der Waals surface area contributed by atoms with Crippen molar-refractivity contribution in [2.45, 2.75) is 25.7 Å². The Labute approximate surface area is 107 Å². The van der Waals surface area contributed by atoms with Crippen LogP contribution in [-0.2, 0) is 11.2 Å². The lowest BCUT2D eigenvalue weighted by Gasteiger charge is -2.13. The highest BCUT2D eigenvalue weighted by Crippen LogP contribution is 2.15. The molecule has 0 bridgehead atoms. The van der Waals surface area contributed by atoms with Crippen LogP contribution in [0.3, 0.4) is 0 Å². The van der Waals surface area contributed by atoms with Crippen LogP contribution < -0.4 is 0 Å². The van der Waals surface area contributed by atoms with E-state index in [1.807, 2.05) is 22.7 Å². The van der Waals surface area contributed by atoms with Crippen molar-refractivity contribution in [3.8, 4) is 0 Å². The predicted octanol–water partition coefficient (Wildman–Crippen LogP) is 2.93. The van der Waals surface area contributed by atoms with E-state index in [1.54, 1.807) is 0 Å². The van der Waals surface area contributed by atoms with Crippen molar-refractivity contribution < 1.29 is 4.79 Å². The smallest absolute Gasteiger partial charge is 0.223 e. The Hall–Kier alpha value is -0.960. The third kappa shape index (κ3) is 4.08. The second-order valence-electron chi connectivity index (χ2n) is 4.39. The molecule has 0 radical (unpaired) electrons. The third-order valence-corrected chi connectivity index (χ3v) is 4.02. The van der Waals surface area contributed by atoms with Crippen molar-refractivity contribution in [3.63, 3.8) is 0 Å². The first-order valence-corrected chi connectivity index (χ1v) is 7.41. The molecule has 92 valence electrons. The van der Waals surface area contributed by atoms with Gasteiger partial charge in [0.15, 0.2) is 0 Å². The number of hydrogen-bond donors (Lipinski definition) is 0. The molecule has 0 spiro atoms. The number of carbonyl (C=O) groups excluding carboxylic acids is 1. The third-order valence-electron chi connectivity index (χ3n) is 3.05. The van der Waals surface area contributed by atoms with Gasteiger partial charge < -0.3 is 4.90 Å². The van der Waals surface area contributed by atoms with E-state index in [-0.39, 0.29) is 0 Å². The van der Waals surface area contributed by atoms with Crippen molar-refractivity contribution in [1.82, 2.24) is 4.90 Å². The minimum Gasteiger partial charge on any atom is -0.333 e. The molecule has 1 fully saturated rings. The highest BCUT2D eigenvalue weighted by atomic mass is 32.2. The Morgan fingerprint density at radius 1 is 1.24 bits per heavy atom. The van der Waals surface area contributed by atoms with Gasteiger partial charge in [-0.3, -0.25) is 4.79 Å². The van der Waals surface area contributed by atoms with Crippen molar-refractivity contribution in [2.75, 3.05) is 18.2 Å². The quantitative estimate of drug-likeness (QED) is 0.748. The molecule has 0 N–H and O–H groups in total. The van der Waals surface area contributed by atoms with Crippen LogP contribution >= 0.6 is 11.8 Å². The molecular formula is C14H19NOS. The van der Waals surface area contributed by atoms with Crippen molar-refractivity contribution in [2.24, 2.45) is 0 Å². The molecule has 1 aromatic carbocycles. The summed E-state index contributed by atoms with van der Waals surface area (Å²) in [6.07, 6.45) is 3.92. The summed E-state index contributed by atoms with van der Waals surface area (Å²) in [5.41, 5.74) is 1.37. The molecule has 2 rings (SSSR count). The summed E-state index contributed by atoms with van der Waals surface area (Å²) in [6.45, 7) is 0.947. The van der Waals surface area contributed by atoms with Crippen LogP contribution in [0, 0.1) is 0 Å². The average molecular weight is 249 g/mol. The first-order valence-electron chi connectivity index (χ1n) is 6.26. The standard InChI is InChI=1S/C14H19NOS/c16-14(15-10-11-17-12-15)9-5-4-8-13-6-2-1-3-7-13/h1-3,6-7H,4-5,8-12H2. The molecule has 1 aromatic rings. The molecule has 1 amide bonds. The van der Waals surface area contributed by atoms with E-state index in [2.05, 4.69) is 24.3 Å². The Kier molecular flexibility index (Phi) is 4.92. The zero-order valence-electron chi connectivity index (χ0n) is 10.1. The van der Waals surface area contributed by atoms with E-state index in [0.717, 1.165) is 37.4 Å². The molecule has 0 aliphatic carbocycles. The van der Waals surface area contributed by atoms with Crippen molar-refractivity contribution in [1.29, 1.82) is 0 Å². The molecule has 0 unspecified atom stereocenters. The summed E-state index contributed by atoms with van der Waals surface area (Å²) in [5, 5.41) is 0. The van der Waals surface area contributed by atoms with E-state index >= 15 is 0 Å². The van der Waals surface area contributed by atoms with E-state index in [0.29, 0.717) is 12.3 Å². The molecule has 0 aromatic heterocycles. The summed E-state index contributed by atoms with van der Waals surface area (Å²) < 4.78 is 0. The van der Waals surface area contributed by atoms with Crippen LogP contribution in [0.5, 0.6) is 0 Å². The minimum absolute atomic E-state index is 0.336. The molecule has 2 nitrogen and oxygen atoms in total. The predicted molar refractivity (Wildman–Crippen MR) is 73.0 cm³/mol. The maximum Gasteiger partial charge on any atom is 0.223 e. The Morgan fingerprint density at radius 2 is 2.06 bits per heavy atom. The van der Waals surface area contributed by atoms with Crippen LogP contribution in [0.4, 0.5) is 0 Å². The Morgan fingerprint density at radius 3 is 2.76 bits per heavy atom. The Bertz CT molecular complexity index is 346. The minimum atomic E-state index is 0.336. The molecular weight excluding hydrogens is 230 g/mol.